The van der Waals surface area contributed by atoms with E-state index in [1.807, 2.05) is 17.0 Å². The molecule has 4 rings (SSSR count). The molecule has 2 aliphatic rings. The molecule has 0 N–H and O–H groups in total. The van der Waals surface area contributed by atoms with Crippen molar-refractivity contribution in [3.05, 3.63) is 59.4 Å². The van der Waals surface area contributed by atoms with Crippen LogP contribution in [0.15, 0.2) is 48.5 Å². The first kappa shape index (κ1) is 21.9. The van der Waals surface area contributed by atoms with E-state index in [1.54, 1.807) is 24.3 Å². The number of rotatable bonds is 6. The molecule has 0 spiro atoms. The lowest BCUT2D eigenvalue weighted by Crippen LogP contribution is -2.54. The SMILES string of the molecule is O=C(COc1ccc(Cl)cc1)N1CCOC(CN2CCN(c3ccc(F)cc3)CC2)C1. The molecule has 6 nitrogen and oxygen atoms in total. The van der Waals surface area contributed by atoms with Gasteiger partial charge in [-0.15, -0.1) is 0 Å². The van der Waals surface area contributed by atoms with Crippen LogP contribution in [0.5, 0.6) is 5.75 Å². The first-order chi connectivity index (χ1) is 15.1. The normalized spacial score (nSPS) is 20.0. The van der Waals surface area contributed by atoms with Crippen molar-refractivity contribution >= 4 is 23.2 Å². The molecule has 0 saturated carbocycles. The zero-order valence-electron chi connectivity index (χ0n) is 17.4. The molecule has 0 bridgehead atoms. The highest BCUT2D eigenvalue weighted by molar-refractivity contribution is 6.30. The lowest BCUT2D eigenvalue weighted by molar-refractivity contribution is -0.141. The number of carbonyl (C=O) groups excluding carboxylic acids is 1. The van der Waals surface area contributed by atoms with Gasteiger partial charge in [-0.2, -0.15) is 0 Å². The fourth-order valence-corrected chi connectivity index (χ4v) is 4.08. The second-order valence-corrected chi connectivity index (χ2v) is 8.28. The summed E-state index contributed by atoms with van der Waals surface area (Å²) in [5.74, 6) is 0.375. The summed E-state index contributed by atoms with van der Waals surface area (Å²) in [7, 11) is 0. The lowest BCUT2D eigenvalue weighted by Gasteiger charge is -2.40. The number of morpholine rings is 1. The van der Waals surface area contributed by atoms with Gasteiger partial charge < -0.3 is 19.3 Å². The highest BCUT2D eigenvalue weighted by Gasteiger charge is 2.27. The van der Waals surface area contributed by atoms with Crippen LogP contribution in [-0.2, 0) is 9.53 Å². The van der Waals surface area contributed by atoms with E-state index < -0.39 is 0 Å². The van der Waals surface area contributed by atoms with Crippen molar-refractivity contribution in [2.75, 3.05) is 63.9 Å². The first-order valence-electron chi connectivity index (χ1n) is 10.6. The van der Waals surface area contributed by atoms with Crippen LogP contribution in [-0.4, -0.2) is 80.8 Å². The Morgan fingerprint density at radius 1 is 1.03 bits per heavy atom. The molecular formula is C23H27ClFN3O3. The van der Waals surface area contributed by atoms with Gasteiger partial charge in [-0.3, -0.25) is 9.69 Å². The maximum atomic E-state index is 13.1. The van der Waals surface area contributed by atoms with Crippen LogP contribution >= 0.6 is 11.6 Å². The number of hydrogen-bond acceptors (Lipinski definition) is 5. The van der Waals surface area contributed by atoms with Crippen LogP contribution in [0, 0.1) is 5.82 Å². The van der Waals surface area contributed by atoms with Crippen LogP contribution in [0.25, 0.3) is 0 Å². The van der Waals surface area contributed by atoms with Crippen LogP contribution in [0.2, 0.25) is 5.02 Å². The van der Waals surface area contributed by atoms with Crippen LogP contribution < -0.4 is 9.64 Å². The number of piperazine rings is 1. The summed E-state index contributed by atoms with van der Waals surface area (Å²) in [5, 5.41) is 0.633. The highest BCUT2D eigenvalue weighted by atomic mass is 35.5. The molecule has 166 valence electrons. The number of halogens is 2. The van der Waals surface area contributed by atoms with Crippen molar-refractivity contribution in [3.8, 4) is 5.75 Å². The standard InChI is InChI=1S/C23H27ClFN3O3/c24-18-1-7-21(8-2-18)31-17-23(29)28-13-14-30-22(16-28)15-26-9-11-27(12-10-26)20-5-3-19(25)4-6-20/h1-8,22H,9-17H2. The minimum absolute atomic E-state index is 0.00466. The molecule has 1 unspecified atom stereocenters. The number of benzene rings is 2. The van der Waals surface area contributed by atoms with Gasteiger partial charge in [0.15, 0.2) is 6.61 Å². The van der Waals surface area contributed by atoms with Gasteiger partial charge >= 0.3 is 0 Å². The van der Waals surface area contributed by atoms with Gasteiger partial charge in [0.2, 0.25) is 0 Å². The quantitative estimate of drug-likeness (QED) is 0.681. The van der Waals surface area contributed by atoms with Crippen molar-refractivity contribution in [2.24, 2.45) is 0 Å². The van der Waals surface area contributed by atoms with Crippen LogP contribution in [0.4, 0.5) is 10.1 Å². The third-order valence-corrected chi connectivity index (χ3v) is 5.95. The number of hydrogen-bond donors (Lipinski definition) is 0. The van der Waals surface area contributed by atoms with Gasteiger partial charge in [0, 0.05) is 56.5 Å². The predicted octanol–water partition coefficient (Wildman–Crippen LogP) is 2.91. The summed E-state index contributed by atoms with van der Waals surface area (Å²) in [6, 6.07) is 13.6. The summed E-state index contributed by atoms with van der Waals surface area (Å²) < 4.78 is 24.6. The van der Waals surface area contributed by atoms with Gasteiger partial charge in [-0.05, 0) is 48.5 Å². The van der Waals surface area contributed by atoms with E-state index in [1.165, 1.54) is 12.1 Å². The summed E-state index contributed by atoms with van der Waals surface area (Å²) >= 11 is 5.87. The fourth-order valence-electron chi connectivity index (χ4n) is 3.95. The maximum absolute atomic E-state index is 13.1. The van der Waals surface area contributed by atoms with Crippen molar-refractivity contribution in [1.29, 1.82) is 0 Å². The van der Waals surface area contributed by atoms with Gasteiger partial charge in [-0.1, -0.05) is 11.6 Å². The molecule has 8 heteroatoms. The van der Waals surface area contributed by atoms with Crippen molar-refractivity contribution < 1.29 is 18.7 Å². The Balaban J connectivity index is 1.21. The molecular weight excluding hydrogens is 421 g/mol. The molecule has 0 radical (unpaired) electrons. The molecule has 2 aliphatic heterocycles. The Labute approximate surface area is 187 Å². The maximum Gasteiger partial charge on any atom is 0.260 e. The fraction of sp³-hybridized carbons (Fsp3) is 0.435. The average molecular weight is 448 g/mol. The van der Waals surface area contributed by atoms with E-state index in [4.69, 9.17) is 21.1 Å². The summed E-state index contributed by atoms with van der Waals surface area (Å²) in [6.07, 6.45) is -0.00870. The van der Waals surface area contributed by atoms with Crippen molar-refractivity contribution in [3.63, 3.8) is 0 Å². The van der Waals surface area contributed by atoms with Crippen LogP contribution in [0.3, 0.4) is 0 Å². The van der Waals surface area contributed by atoms with E-state index in [0.717, 1.165) is 38.4 Å². The van der Waals surface area contributed by atoms with Gasteiger partial charge in [-0.25, -0.2) is 4.39 Å². The third-order valence-electron chi connectivity index (χ3n) is 5.69. The molecule has 1 amide bonds. The summed E-state index contributed by atoms with van der Waals surface area (Å²) in [4.78, 5) is 19.0. The number of carbonyl (C=O) groups is 1. The molecule has 1 atom stereocenters. The lowest BCUT2D eigenvalue weighted by atomic mass is 10.2. The minimum atomic E-state index is -0.213. The van der Waals surface area contributed by atoms with Crippen molar-refractivity contribution in [2.45, 2.75) is 6.10 Å². The van der Waals surface area contributed by atoms with E-state index in [2.05, 4.69) is 9.80 Å². The molecule has 2 saturated heterocycles. The van der Waals surface area contributed by atoms with Gasteiger partial charge in [0.1, 0.15) is 11.6 Å². The van der Waals surface area contributed by atoms with Gasteiger partial charge in [0.25, 0.3) is 5.91 Å². The first-order valence-corrected chi connectivity index (χ1v) is 11.0. The zero-order valence-corrected chi connectivity index (χ0v) is 18.1. The van der Waals surface area contributed by atoms with Crippen molar-refractivity contribution in [1.82, 2.24) is 9.80 Å². The van der Waals surface area contributed by atoms with E-state index in [0.29, 0.717) is 30.5 Å². The summed E-state index contributed by atoms with van der Waals surface area (Å²) in [5.41, 5.74) is 1.05. The van der Waals surface area contributed by atoms with E-state index in [9.17, 15) is 9.18 Å². The number of nitrogens with zero attached hydrogens (tertiary/aromatic N) is 3. The molecule has 2 fully saturated rings. The smallest absolute Gasteiger partial charge is 0.260 e. The molecule has 2 aromatic rings. The minimum Gasteiger partial charge on any atom is -0.484 e. The zero-order chi connectivity index (χ0) is 21.6. The molecule has 0 aliphatic carbocycles. The second kappa shape index (κ2) is 10.3. The Morgan fingerprint density at radius 2 is 1.74 bits per heavy atom. The van der Waals surface area contributed by atoms with Crippen LogP contribution in [0.1, 0.15) is 0 Å². The summed E-state index contributed by atoms with van der Waals surface area (Å²) in [6.45, 7) is 6.07. The van der Waals surface area contributed by atoms with E-state index in [-0.39, 0.29) is 24.4 Å². The molecule has 31 heavy (non-hydrogen) atoms. The van der Waals surface area contributed by atoms with E-state index >= 15 is 0 Å². The highest BCUT2D eigenvalue weighted by Crippen LogP contribution is 2.18. The number of amides is 1. The number of anilines is 1. The second-order valence-electron chi connectivity index (χ2n) is 7.84. The van der Waals surface area contributed by atoms with Gasteiger partial charge in [0.05, 0.1) is 12.7 Å². The molecule has 2 aromatic carbocycles. The molecule has 2 heterocycles. The Bertz CT molecular complexity index is 857. The largest absolute Gasteiger partial charge is 0.484 e. The Morgan fingerprint density at radius 3 is 2.45 bits per heavy atom. The third kappa shape index (κ3) is 6.09. The Kier molecular flexibility index (Phi) is 7.27. The predicted molar refractivity (Wildman–Crippen MR) is 118 cm³/mol. The monoisotopic (exact) mass is 447 g/mol. The molecule has 0 aromatic heterocycles. The number of ether oxygens (including phenoxy) is 2. The topological polar surface area (TPSA) is 45.2 Å². The average Bonchev–Trinajstić information content (AvgIpc) is 2.80. The Hall–Kier alpha value is -2.35.